The smallest absolute Gasteiger partial charge is 0.0335 e. The topological polar surface area (TPSA) is 29.3 Å². The molecule has 2 nitrogen and oxygen atoms in total. The number of hydrogen-bond acceptors (Lipinski definition) is 2. The summed E-state index contributed by atoms with van der Waals surface area (Å²) in [5.41, 5.74) is 9.62. The van der Waals surface area contributed by atoms with Gasteiger partial charge in [-0.25, -0.2) is 0 Å². The van der Waals surface area contributed by atoms with Crippen molar-refractivity contribution in [1.29, 1.82) is 0 Å². The van der Waals surface area contributed by atoms with Crippen LogP contribution in [0.2, 0.25) is 0 Å². The van der Waals surface area contributed by atoms with Crippen LogP contribution in [0.3, 0.4) is 0 Å². The van der Waals surface area contributed by atoms with Crippen LogP contribution < -0.4 is 5.73 Å². The maximum atomic E-state index is 6.27. The molecule has 1 aliphatic heterocycles. The number of nitrogens with two attached hydrogens (primary N) is 1. The average Bonchev–Trinajstić information content (AvgIpc) is 2.86. The Bertz CT molecular complexity index is 433. The first kappa shape index (κ1) is 14.1. The number of aryl methyl sites for hydroxylation is 1. The number of nitrogens with zero attached hydrogens (tertiary/aromatic N) is 1. The maximum absolute atomic E-state index is 6.27. The highest BCUT2D eigenvalue weighted by atomic mass is 15.2. The van der Waals surface area contributed by atoms with Crippen molar-refractivity contribution in [3.63, 3.8) is 0 Å². The summed E-state index contributed by atoms with van der Waals surface area (Å²) in [7, 11) is 0. The van der Waals surface area contributed by atoms with Gasteiger partial charge in [-0.2, -0.15) is 0 Å². The predicted octanol–water partition coefficient (Wildman–Crippen LogP) is 3.49. The number of hydrogen-bond donors (Lipinski definition) is 1. The van der Waals surface area contributed by atoms with Crippen LogP contribution >= 0.6 is 0 Å². The minimum Gasteiger partial charge on any atom is -0.329 e. The van der Waals surface area contributed by atoms with E-state index in [0.717, 1.165) is 13.1 Å². The Morgan fingerprint density at radius 2 is 1.65 bits per heavy atom. The molecule has 0 bridgehead atoms. The lowest BCUT2D eigenvalue weighted by atomic mass is 9.87. The summed E-state index contributed by atoms with van der Waals surface area (Å²) in [5.74, 6) is 0. The number of fused-ring (bicyclic) bond motifs is 1. The van der Waals surface area contributed by atoms with E-state index in [9.17, 15) is 0 Å². The van der Waals surface area contributed by atoms with Gasteiger partial charge in [0.25, 0.3) is 0 Å². The van der Waals surface area contributed by atoms with Gasteiger partial charge in [0.2, 0.25) is 0 Å². The van der Waals surface area contributed by atoms with Crippen LogP contribution in [-0.2, 0) is 13.0 Å². The van der Waals surface area contributed by atoms with Gasteiger partial charge in [-0.05, 0) is 43.4 Å². The normalized spacial score (nSPS) is 23.6. The fourth-order valence-electron chi connectivity index (χ4n) is 4.14. The second-order valence-corrected chi connectivity index (χ2v) is 6.64. The molecule has 3 rings (SSSR count). The maximum Gasteiger partial charge on any atom is 0.0335 e. The fourth-order valence-corrected chi connectivity index (χ4v) is 4.14. The Morgan fingerprint density at radius 3 is 2.35 bits per heavy atom. The lowest BCUT2D eigenvalue weighted by Gasteiger charge is -2.43. The summed E-state index contributed by atoms with van der Waals surface area (Å²) in [6.07, 6.45) is 10.6. The van der Waals surface area contributed by atoms with Crippen LogP contribution in [-0.4, -0.2) is 23.5 Å². The van der Waals surface area contributed by atoms with Gasteiger partial charge in [0.15, 0.2) is 0 Å². The second-order valence-electron chi connectivity index (χ2n) is 6.64. The third-order valence-electron chi connectivity index (χ3n) is 5.44. The zero-order valence-corrected chi connectivity index (χ0v) is 12.6. The molecule has 0 amide bonds. The molecule has 0 radical (unpaired) electrons. The minimum atomic E-state index is 0.272. The van der Waals surface area contributed by atoms with Gasteiger partial charge in [0, 0.05) is 18.6 Å². The number of benzene rings is 1. The van der Waals surface area contributed by atoms with Crippen molar-refractivity contribution in [2.45, 2.75) is 63.5 Å². The Balaban J connectivity index is 1.84. The summed E-state index contributed by atoms with van der Waals surface area (Å²) in [6, 6.07) is 8.99. The van der Waals surface area contributed by atoms with Crippen molar-refractivity contribution in [1.82, 2.24) is 4.90 Å². The monoisotopic (exact) mass is 272 g/mol. The van der Waals surface area contributed by atoms with Crippen LogP contribution in [0.4, 0.5) is 0 Å². The molecule has 1 fully saturated rings. The highest BCUT2D eigenvalue weighted by molar-refractivity contribution is 5.28. The lowest BCUT2D eigenvalue weighted by molar-refractivity contribution is 0.0713. The summed E-state index contributed by atoms with van der Waals surface area (Å²) in [4.78, 5) is 2.73. The molecule has 0 unspecified atom stereocenters. The first-order valence-corrected chi connectivity index (χ1v) is 8.36. The molecule has 1 aliphatic carbocycles. The first-order valence-electron chi connectivity index (χ1n) is 8.36. The fraction of sp³-hybridized carbons (Fsp3) is 0.667. The Kier molecular flexibility index (Phi) is 4.42. The van der Waals surface area contributed by atoms with E-state index in [-0.39, 0.29) is 5.54 Å². The van der Waals surface area contributed by atoms with Gasteiger partial charge in [-0.15, -0.1) is 0 Å². The van der Waals surface area contributed by atoms with Crippen molar-refractivity contribution in [2.75, 3.05) is 13.1 Å². The van der Waals surface area contributed by atoms with Crippen LogP contribution in [0.25, 0.3) is 0 Å². The van der Waals surface area contributed by atoms with E-state index in [1.54, 1.807) is 5.56 Å². The van der Waals surface area contributed by atoms with E-state index in [0.29, 0.717) is 0 Å². The largest absolute Gasteiger partial charge is 0.329 e. The van der Waals surface area contributed by atoms with E-state index < -0.39 is 0 Å². The third-order valence-corrected chi connectivity index (χ3v) is 5.44. The summed E-state index contributed by atoms with van der Waals surface area (Å²) in [6.45, 7) is 3.15. The molecule has 1 aromatic carbocycles. The van der Waals surface area contributed by atoms with Crippen molar-refractivity contribution in [3.05, 3.63) is 35.4 Å². The van der Waals surface area contributed by atoms with Crippen LogP contribution in [0.1, 0.15) is 56.1 Å². The molecule has 0 aromatic heterocycles. The van der Waals surface area contributed by atoms with E-state index in [1.165, 1.54) is 63.5 Å². The standard InChI is InChI=1S/C18H28N2/c19-15-18(11-5-1-2-6-12-18)20-13-7-10-16-8-3-4-9-17(16)14-20/h3-4,8-9H,1-2,5-7,10-15,19H2. The van der Waals surface area contributed by atoms with Crippen LogP contribution in [0.15, 0.2) is 24.3 Å². The predicted molar refractivity (Wildman–Crippen MR) is 84.7 cm³/mol. The molecule has 0 saturated heterocycles. The van der Waals surface area contributed by atoms with E-state index in [2.05, 4.69) is 29.2 Å². The molecule has 1 saturated carbocycles. The molecule has 2 aliphatic rings. The van der Waals surface area contributed by atoms with Crippen molar-refractivity contribution in [3.8, 4) is 0 Å². The molecule has 0 atom stereocenters. The third kappa shape index (κ3) is 2.77. The minimum absolute atomic E-state index is 0.272. The molecule has 1 heterocycles. The van der Waals surface area contributed by atoms with Crippen molar-refractivity contribution in [2.24, 2.45) is 5.73 Å². The molecule has 1 aromatic rings. The van der Waals surface area contributed by atoms with E-state index >= 15 is 0 Å². The van der Waals surface area contributed by atoms with Gasteiger partial charge in [-0.1, -0.05) is 49.9 Å². The van der Waals surface area contributed by atoms with Gasteiger partial charge >= 0.3 is 0 Å². The first-order chi connectivity index (χ1) is 9.84. The Morgan fingerprint density at radius 1 is 0.950 bits per heavy atom. The summed E-state index contributed by atoms with van der Waals surface area (Å²) < 4.78 is 0. The Labute approximate surface area is 123 Å². The quantitative estimate of drug-likeness (QED) is 0.835. The van der Waals surface area contributed by atoms with Gasteiger partial charge in [-0.3, -0.25) is 4.90 Å². The molecule has 2 N–H and O–H groups in total. The van der Waals surface area contributed by atoms with E-state index in [1.807, 2.05) is 0 Å². The summed E-state index contributed by atoms with van der Waals surface area (Å²) >= 11 is 0. The highest BCUT2D eigenvalue weighted by Crippen LogP contribution is 2.34. The Hall–Kier alpha value is -0.860. The average molecular weight is 272 g/mol. The summed E-state index contributed by atoms with van der Waals surface area (Å²) in [5, 5.41) is 0. The molecule has 2 heteroatoms. The molecular formula is C18H28N2. The second kappa shape index (κ2) is 6.28. The van der Waals surface area contributed by atoms with Crippen molar-refractivity contribution >= 4 is 0 Å². The zero-order chi connectivity index (χ0) is 13.8. The van der Waals surface area contributed by atoms with E-state index in [4.69, 9.17) is 5.73 Å². The molecule has 0 spiro atoms. The highest BCUT2D eigenvalue weighted by Gasteiger charge is 2.36. The lowest BCUT2D eigenvalue weighted by Crippen LogP contribution is -2.53. The van der Waals surface area contributed by atoms with Crippen LogP contribution in [0.5, 0.6) is 0 Å². The SMILES string of the molecule is NCC1(N2CCCc3ccccc3C2)CCCCCC1. The zero-order valence-electron chi connectivity index (χ0n) is 12.6. The van der Waals surface area contributed by atoms with Gasteiger partial charge in [0.1, 0.15) is 0 Å². The van der Waals surface area contributed by atoms with Crippen LogP contribution in [0, 0.1) is 0 Å². The molecule has 110 valence electrons. The van der Waals surface area contributed by atoms with Gasteiger partial charge < -0.3 is 5.73 Å². The molecule has 20 heavy (non-hydrogen) atoms. The molecular weight excluding hydrogens is 244 g/mol. The van der Waals surface area contributed by atoms with Crippen molar-refractivity contribution < 1.29 is 0 Å². The van der Waals surface area contributed by atoms with Gasteiger partial charge in [0.05, 0.1) is 0 Å². The number of rotatable bonds is 2.